The van der Waals surface area contributed by atoms with Gasteiger partial charge < -0.3 is 10.6 Å². The summed E-state index contributed by atoms with van der Waals surface area (Å²) in [6.07, 6.45) is 1.16. The summed E-state index contributed by atoms with van der Waals surface area (Å²) in [5, 5.41) is 7.80. The van der Waals surface area contributed by atoms with E-state index in [0.29, 0.717) is 33.1 Å². The highest BCUT2D eigenvalue weighted by atomic mass is 35.5. The van der Waals surface area contributed by atoms with E-state index in [9.17, 15) is 8.42 Å². The van der Waals surface area contributed by atoms with Gasteiger partial charge in [-0.3, -0.25) is 4.31 Å². The summed E-state index contributed by atoms with van der Waals surface area (Å²) in [6, 6.07) is 12.7. The molecule has 0 aliphatic carbocycles. The quantitative estimate of drug-likeness (QED) is 0.427. The first-order chi connectivity index (χ1) is 13.2. The van der Waals surface area contributed by atoms with Gasteiger partial charge in [0.25, 0.3) is 0 Å². The van der Waals surface area contributed by atoms with Crippen molar-refractivity contribution in [2.45, 2.75) is 5.75 Å². The van der Waals surface area contributed by atoms with Crippen LogP contribution >= 0.6 is 47.2 Å². The molecule has 2 aromatic rings. The van der Waals surface area contributed by atoms with Crippen molar-refractivity contribution in [2.24, 2.45) is 0 Å². The van der Waals surface area contributed by atoms with Crippen molar-refractivity contribution in [1.82, 2.24) is 5.32 Å². The lowest BCUT2D eigenvalue weighted by Crippen LogP contribution is -2.30. The molecule has 0 heterocycles. The largest absolute Gasteiger partial charge is 0.362 e. The molecule has 0 spiro atoms. The fourth-order valence-electron chi connectivity index (χ4n) is 2.20. The van der Waals surface area contributed by atoms with Gasteiger partial charge in [-0.15, -0.1) is 0 Å². The van der Waals surface area contributed by atoms with Gasteiger partial charge in [0, 0.05) is 30.8 Å². The van der Waals surface area contributed by atoms with Gasteiger partial charge in [-0.05, 0) is 48.1 Å². The zero-order valence-electron chi connectivity index (χ0n) is 15.4. The first-order valence-electron chi connectivity index (χ1n) is 8.27. The summed E-state index contributed by atoms with van der Waals surface area (Å²) < 4.78 is 24.5. The lowest BCUT2D eigenvalue weighted by molar-refractivity contribution is 0.600. The molecular formula is C18H21Cl2N3O2S3. The zero-order valence-corrected chi connectivity index (χ0v) is 19.4. The van der Waals surface area contributed by atoms with E-state index in [4.69, 9.17) is 35.4 Å². The number of rotatable bonds is 8. The van der Waals surface area contributed by atoms with E-state index < -0.39 is 10.0 Å². The van der Waals surface area contributed by atoms with Gasteiger partial charge in [-0.1, -0.05) is 35.3 Å². The highest BCUT2D eigenvalue weighted by molar-refractivity contribution is 7.98. The Bertz CT molecular complexity index is 939. The molecule has 0 aliphatic heterocycles. The molecule has 152 valence electrons. The number of halogens is 2. The predicted molar refractivity (Wildman–Crippen MR) is 127 cm³/mol. The van der Waals surface area contributed by atoms with E-state index in [1.807, 2.05) is 18.2 Å². The molecule has 10 heteroatoms. The first-order valence-corrected chi connectivity index (χ1v) is 12.4. The van der Waals surface area contributed by atoms with Crippen LogP contribution in [-0.2, 0) is 15.8 Å². The van der Waals surface area contributed by atoms with E-state index >= 15 is 0 Å². The van der Waals surface area contributed by atoms with Crippen molar-refractivity contribution in [3.8, 4) is 0 Å². The van der Waals surface area contributed by atoms with Crippen LogP contribution in [0.4, 0.5) is 11.4 Å². The van der Waals surface area contributed by atoms with Gasteiger partial charge in [-0.25, -0.2) is 8.42 Å². The smallest absolute Gasteiger partial charge is 0.231 e. The number of anilines is 2. The Kier molecular flexibility index (Phi) is 8.70. The molecule has 0 saturated carbocycles. The monoisotopic (exact) mass is 477 g/mol. The molecule has 5 nitrogen and oxygen atoms in total. The van der Waals surface area contributed by atoms with Crippen molar-refractivity contribution in [2.75, 3.05) is 35.2 Å². The highest BCUT2D eigenvalue weighted by Gasteiger charge is 2.12. The maximum absolute atomic E-state index is 11.7. The van der Waals surface area contributed by atoms with E-state index in [1.165, 1.54) is 11.4 Å². The molecule has 2 rings (SSSR count). The third-order valence-corrected chi connectivity index (χ3v) is 6.97. The fraction of sp³-hybridized carbons (Fsp3) is 0.278. The van der Waals surface area contributed by atoms with Gasteiger partial charge >= 0.3 is 0 Å². The Morgan fingerprint density at radius 3 is 2.61 bits per heavy atom. The minimum Gasteiger partial charge on any atom is -0.362 e. The van der Waals surface area contributed by atoms with Crippen LogP contribution in [0, 0.1) is 0 Å². The Labute approximate surface area is 185 Å². The van der Waals surface area contributed by atoms with Crippen LogP contribution in [0.15, 0.2) is 42.5 Å². The average Bonchev–Trinajstić information content (AvgIpc) is 2.63. The average molecular weight is 478 g/mol. The fourth-order valence-corrected chi connectivity index (χ4v) is 4.05. The number of benzene rings is 2. The van der Waals surface area contributed by atoms with Crippen molar-refractivity contribution < 1.29 is 8.42 Å². The Hall–Kier alpha value is -1.19. The zero-order chi connectivity index (χ0) is 20.7. The molecule has 2 aromatic carbocycles. The topological polar surface area (TPSA) is 61.4 Å². The Balaban J connectivity index is 1.76. The molecule has 0 fully saturated rings. The molecule has 0 saturated heterocycles. The summed E-state index contributed by atoms with van der Waals surface area (Å²) in [7, 11) is -1.80. The summed E-state index contributed by atoms with van der Waals surface area (Å²) in [4.78, 5) is 0. The van der Waals surface area contributed by atoms with Crippen LogP contribution in [0.5, 0.6) is 0 Å². The van der Waals surface area contributed by atoms with Crippen molar-refractivity contribution in [3.63, 3.8) is 0 Å². The molecule has 28 heavy (non-hydrogen) atoms. The Morgan fingerprint density at radius 1 is 1.18 bits per heavy atom. The van der Waals surface area contributed by atoms with Gasteiger partial charge in [0.05, 0.1) is 22.0 Å². The van der Waals surface area contributed by atoms with Gasteiger partial charge in [-0.2, -0.15) is 11.8 Å². The standard InChI is InChI=1S/C18H21Cl2N3O2S3/c1-23(28(2,24)25)15-5-3-4-14(11-15)22-18(26)21-8-9-27-12-13-6-7-16(19)17(20)10-13/h3-7,10-11H,8-9,12H2,1-2H3,(H2,21,22,26). The van der Waals surface area contributed by atoms with Gasteiger partial charge in [0.2, 0.25) is 10.0 Å². The number of sulfonamides is 1. The third-order valence-electron chi connectivity index (χ3n) is 3.75. The molecule has 0 amide bonds. The van der Waals surface area contributed by atoms with Crippen LogP contribution in [0.25, 0.3) is 0 Å². The summed E-state index contributed by atoms with van der Waals surface area (Å²) in [6.45, 7) is 0.695. The normalized spacial score (nSPS) is 11.1. The summed E-state index contributed by atoms with van der Waals surface area (Å²) in [5.41, 5.74) is 2.40. The highest BCUT2D eigenvalue weighted by Crippen LogP contribution is 2.24. The second kappa shape index (κ2) is 10.5. The van der Waals surface area contributed by atoms with E-state index in [1.54, 1.807) is 36.0 Å². The number of thioether (sulfide) groups is 1. The lowest BCUT2D eigenvalue weighted by Gasteiger charge is -2.18. The minimum atomic E-state index is -3.31. The predicted octanol–water partition coefficient (Wildman–Crippen LogP) is 4.61. The number of nitrogens with zero attached hydrogens (tertiary/aromatic N) is 1. The SMILES string of the molecule is CN(c1cccc(NC(=S)NCCSCc2ccc(Cl)c(Cl)c2)c1)S(C)(=O)=O. The molecule has 0 atom stereocenters. The molecule has 2 N–H and O–H groups in total. The molecule has 0 aromatic heterocycles. The molecule has 0 unspecified atom stereocenters. The summed E-state index contributed by atoms with van der Waals surface area (Å²) in [5.74, 6) is 1.69. The van der Waals surface area contributed by atoms with Crippen LogP contribution in [0.2, 0.25) is 10.0 Å². The van der Waals surface area contributed by atoms with Crippen LogP contribution in [0.3, 0.4) is 0 Å². The van der Waals surface area contributed by atoms with E-state index in [2.05, 4.69) is 10.6 Å². The number of thiocarbonyl (C=S) groups is 1. The Morgan fingerprint density at radius 2 is 1.93 bits per heavy atom. The first kappa shape index (κ1) is 23.1. The van der Waals surface area contributed by atoms with Gasteiger partial charge in [0.1, 0.15) is 0 Å². The summed E-state index contributed by atoms with van der Waals surface area (Å²) >= 11 is 19.0. The van der Waals surface area contributed by atoms with Crippen LogP contribution in [0.1, 0.15) is 5.56 Å². The van der Waals surface area contributed by atoms with Crippen LogP contribution < -0.4 is 14.9 Å². The molecule has 0 radical (unpaired) electrons. The second-order valence-corrected chi connectivity index (χ2v) is 10.3. The van der Waals surface area contributed by atoms with Crippen molar-refractivity contribution in [1.29, 1.82) is 0 Å². The van der Waals surface area contributed by atoms with Crippen molar-refractivity contribution in [3.05, 3.63) is 58.1 Å². The number of hydrogen-bond acceptors (Lipinski definition) is 4. The van der Waals surface area contributed by atoms with Gasteiger partial charge in [0.15, 0.2) is 5.11 Å². The third kappa shape index (κ3) is 7.33. The number of nitrogens with one attached hydrogen (secondary N) is 2. The van der Waals surface area contributed by atoms with Crippen molar-refractivity contribution >= 4 is 73.7 Å². The van der Waals surface area contributed by atoms with Crippen LogP contribution in [-0.4, -0.2) is 39.1 Å². The maximum atomic E-state index is 11.7. The number of hydrogen-bond donors (Lipinski definition) is 2. The maximum Gasteiger partial charge on any atom is 0.231 e. The molecule has 0 bridgehead atoms. The van der Waals surface area contributed by atoms with E-state index in [-0.39, 0.29) is 0 Å². The molecular weight excluding hydrogens is 457 g/mol. The minimum absolute atomic E-state index is 0.481. The molecule has 0 aliphatic rings. The second-order valence-electron chi connectivity index (χ2n) is 5.96. The lowest BCUT2D eigenvalue weighted by atomic mass is 10.2. The van der Waals surface area contributed by atoms with E-state index in [0.717, 1.165) is 23.3 Å².